The lowest BCUT2D eigenvalue weighted by Crippen LogP contribution is -2.62. The summed E-state index contributed by atoms with van der Waals surface area (Å²) in [5, 5.41) is 14.0. The topological polar surface area (TPSA) is 75.4 Å². The number of rotatable bonds is 3. The molecule has 1 N–H and O–H groups in total. The standard InChI is InChI=1S/C11H19N3O3S/c1-5-11(15)6-14(7-11)18(16,17)10-8(2)12-13(4)9(10)3/h15H,5-7H2,1-4H3. The molecule has 1 aromatic rings. The Labute approximate surface area is 107 Å². The van der Waals surface area contributed by atoms with Crippen molar-refractivity contribution in [1.82, 2.24) is 14.1 Å². The Kier molecular flexibility index (Phi) is 3.03. The van der Waals surface area contributed by atoms with Gasteiger partial charge in [-0.2, -0.15) is 9.40 Å². The molecule has 1 saturated heterocycles. The zero-order valence-corrected chi connectivity index (χ0v) is 12.0. The van der Waals surface area contributed by atoms with Gasteiger partial charge in [0, 0.05) is 20.1 Å². The highest BCUT2D eigenvalue weighted by Gasteiger charge is 2.47. The molecule has 1 aliphatic rings. The summed E-state index contributed by atoms with van der Waals surface area (Å²) in [4.78, 5) is 0.267. The fourth-order valence-electron chi connectivity index (χ4n) is 2.26. The Hall–Kier alpha value is -0.920. The van der Waals surface area contributed by atoms with Crippen molar-refractivity contribution in [3.8, 4) is 0 Å². The maximum absolute atomic E-state index is 12.4. The van der Waals surface area contributed by atoms with Gasteiger partial charge in [-0.25, -0.2) is 8.42 Å². The molecule has 7 heteroatoms. The third-order valence-electron chi connectivity index (χ3n) is 3.64. The molecule has 1 aliphatic heterocycles. The van der Waals surface area contributed by atoms with Crippen molar-refractivity contribution in [2.75, 3.05) is 13.1 Å². The fourth-order valence-corrected chi connectivity index (χ4v) is 4.26. The second-order valence-electron chi connectivity index (χ2n) is 4.97. The molecule has 1 fully saturated rings. The van der Waals surface area contributed by atoms with Crippen LogP contribution in [0.5, 0.6) is 0 Å². The Bertz CT molecular complexity index is 571. The van der Waals surface area contributed by atoms with Crippen LogP contribution in [0, 0.1) is 13.8 Å². The number of nitrogens with zero attached hydrogens (tertiary/aromatic N) is 3. The molecule has 0 saturated carbocycles. The van der Waals surface area contributed by atoms with Crippen molar-refractivity contribution < 1.29 is 13.5 Å². The van der Waals surface area contributed by atoms with Gasteiger partial charge in [0.1, 0.15) is 4.90 Å². The number of hydrogen-bond acceptors (Lipinski definition) is 4. The van der Waals surface area contributed by atoms with Crippen molar-refractivity contribution in [2.24, 2.45) is 7.05 Å². The number of aryl methyl sites for hydroxylation is 2. The Balaban J connectivity index is 2.34. The summed E-state index contributed by atoms with van der Waals surface area (Å²) in [6.07, 6.45) is 0.560. The van der Waals surface area contributed by atoms with Crippen molar-refractivity contribution in [2.45, 2.75) is 37.7 Å². The van der Waals surface area contributed by atoms with E-state index in [2.05, 4.69) is 5.10 Å². The van der Waals surface area contributed by atoms with Crippen LogP contribution in [0.15, 0.2) is 4.90 Å². The molecular formula is C11H19N3O3S. The maximum atomic E-state index is 12.4. The molecule has 0 radical (unpaired) electrons. The number of β-amino-alcohol motifs (C(OH)–C–C–N with tert-alkyl or cyclic N) is 1. The molecular weight excluding hydrogens is 254 g/mol. The second-order valence-corrected chi connectivity index (χ2v) is 6.85. The lowest BCUT2D eigenvalue weighted by Gasteiger charge is -2.44. The van der Waals surface area contributed by atoms with Gasteiger partial charge < -0.3 is 5.11 Å². The van der Waals surface area contributed by atoms with Crippen molar-refractivity contribution in [1.29, 1.82) is 0 Å². The van der Waals surface area contributed by atoms with Crippen LogP contribution in [-0.2, 0) is 17.1 Å². The highest BCUT2D eigenvalue weighted by Crippen LogP contribution is 2.32. The van der Waals surface area contributed by atoms with E-state index in [0.717, 1.165) is 0 Å². The first-order valence-electron chi connectivity index (χ1n) is 5.94. The average Bonchev–Trinajstić information content (AvgIpc) is 2.48. The van der Waals surface area contributed by atoms with E-state index in [4.69, 9.17) is 0 Å². The predicted octanol–water partition coefficient (Wildman–Crippen LogP) is 0.182. The molecule has 6 nitrogen and oxygen atoms in total. The third kappa shape index (κ3) is 1.86. The molecule has 0 atom stereocenters. The summed E-state index contributed by atoms with van der Waals surface area (Å²) < 4.78 is 27.7. The molecule has 0 unspecified atom stereocenters. The van der Waals surface area contributed by atoms with Gasteiger partial charge in [0.2, 0.25) is 10.0 Å². The van der Waals surface area contributed by atoms with Crippen molar-refractivity contribution >= 4 is 10.0 Å². The molecule has 0 spiro atoms. The minimum Gasteiger partial charge on any atom is -0.387 e. The summed E-state index contributed by atoms with van der Waals surface area (Å²) in [6.45, 7) is 5.61. The van der Waals surface area contributed by atoms with Crippen LogP contribution in [0.2, 0.25) is 0 Å². The number of aromatic nitrogens is 2. The van der Waals surface area contributed by atoms with E-state index < -0.39 is 15.6 Å². The van der Waals surface area contributed by atoms with Crippen LogP contribution >= 0.6 is 0 Å². The van der Waals surface area contributed by atoms with Crippen molar-refractivity contribution in [3.63, 3.8) is 0 Å². The largest absolute Gasteiger partial charge is 0.387 e. The van der Waals surface area contributed by atoms with Crippen LogP contribution in [0.4, 0.5) is 0 Å². The summed E-state index contributed by atoms with van der Waals surface area (Å²) in [6, 6.07) is 0. The van der Waals surface area contributed by atoms with E-state index in [1.807, 2.05) is 6.92 Å². The first-order valence-corrected chi connectivity index (χ1v) is 7.38. The zero-order chi connectivity index (χ0) is 13.7. The second kappa shape index (κ2) is 4.04. The molecule has 1 aromatic heterocycles. The van der Waals surface area contributed by atoms with Crippen LogP contribution < -0.4 is 0 Å². The summed E-state index contributed by atoms with van der Waals surface area (Å²) >= 11 is 0. The van der Waals surface area contributed by atoms with E-state index >= 15 is 0 Å². The average molecular weight is 273 g/mol. The molecule has 2 heterocycles. The SMILES string of the molecule is CCC1(O)CN(S(=O)(=O)c2c(C)nn(C)c2C)C1. The lowest BCUT2D eigenvalue weighted by atomic mass is 9.94. The summed E-state index contributed by atoms with van der Waals surface area (Å²) in [7, 11) is -1.81. The maximum Gasteiger partial charge on any atom is 0.246 e. The minimum atomic E-state index is -3.53. The molecule has 102 valence electrons. The molecule has 0 amide bonds. The zero-order valence-electron chi connectivity index (χ0n) is 11.1. The van der Waals surface area contributed by atoms with Crippen LogP contribution in [0.1, 0.15) is 24.7 Å². The molecule has 0 aromatic carbocycles. The molecule has 18 heavy (non-hydrogen) atoms. The van der Waals surface area contributed by atoms with Gasteiger partial charge in [0.15, 0.2) is 0 Å². The van der Waals surface area contributed by atoms with Crippen molar-refractivity contribution in [3.05, 3.63) is 11.4 Å². The van der Waals surface area contributed by atoms with Crippen LogP contribution in [0.25, 0.3) is 0 Å². The van der Waals surface area contributed by atoms with E-state index in [9.17, 15) is 13.5 Å². The lowest BCUT2D eigenvalue weighted by molar-refractivity contribution is -0.0613. The van der Waals surface area contributed by atoms with Gasteiger partial charge in [-0.05, 0) is 20.3 Å². The smallest absolute Gasteiger partial charge is 0.246 e. The van der Waals surface area contributed by atoms with Crippen LogP contribution in [0.3, 0.4) is 0 Å². The minimum absolute atomic E-state index is 0.166. The van der Waals surface area contributed by atoms with E-state index in [1.165, 1.54) is 4.31 Å². The quantitative estimate of drug-likeness (QED) is 0.852. The first-order chi connectivity index (χ1) is 8.21. The third-order valence-corrected chi connectivity index (χ3v) is 5.68. The van der Waals surface area contributed by atoms with Crippen LogP contribution in [-0.4, -0.2) is 46.3 Å². The van der Waals surface area contributed by atoms with Gasteiger partial charge in [-0.3, -0.25) is 4.68 Å². The molecule has 0 aliphatic carbocycles. The Morgan fingerprint density at radius 2 is 1.94 bits per heavy atom. The fraction of sp³-hybridized carbons (Fsp3) is 0.727. The summed E-state index contributed by atoms with van der Waals surface area (Å²) in [5.74, 6) is 0. The van der Waals surface area contributed by atoms with Gasteiger partial charge >= 0.3 is 0 Å². The van der Waals surface area contributed by atoms with E-state index in [1.54, 1.807) is 25.6 Å². The van der Waals surface area contributed by atoms with Gasteiger partial charge in [0.25, 0.3) is 0 Å². The number of sulfonamides is 1. The summed E-state index contributed by atoms with van der Waals surface area (Å²) in [5.41, 5.74) is 0.262. The normalized spacial score (nSPS) is 19.8. The highest BCUT2D eigenvalue weighted by molar-refractivity contribution is 7.89. The molecule has 0 bridgehead atoms. The first kappa shape index (κ1) is 13.5. The molecule has 2 rings (SSSR count). The number of aliphatic hydroxyl groups is 1. The number of hydrogen-bond donors (Lipinski definition) is 1. The monoisotopic (exact) mass is 273 g/mol. The highest BCUT2D eigenvalue weighted by atomic mass is 32.2. The van der Waals surface area contributed by atoms with E-state index in [0.29, 0.717) is 17.8 Å². The van der Waals surface area contributed by atoms with Gasteiger partial charge in [0.05, 0.1) is 17.0 Å². The van der Waals surface area contributed by atoms with Gasteiger partial charge in [-0.1, -0.05) is 6.92 Å². The Morgan fingerprint density at radius 1 is 1.39 bits per heavy atom. The predicted molar refractivity (Wildman–Crippen MR) is 66.7 cm³/mol. The van der Waals surface area contributed by atoms with Gasteiger partial charge in [-0.15, -0.1) is 0 Å². The Morgan fingerprint density at radius 3 is 2.33 bits per heavy atom. The van der Waals surface area contributed by atoms with E-state index in [-0.39, 0.29) is 18.0 Å².